The molecule has 0 atom stereocenters. The number of hydrogen-bond donors (Lipinski definition) is 0. The molecule has 55 heavy (non-hydrogen) atoms. The zero-order chi connectivity index (χ0) is 36.3. The second-order valence-electron chi connectivity index (χ2n) is 14.1. The van der Waals surface area contributed by atoms with E-state index in [0.29, 0.717) is 0 Å². The Balaban J connectivity index is 1.06. The molecule has 0 unspecified atom stereocenters. The van der Waals surface area contributed by atoms with Crippen molar-refractivity contribution in [3.8, 4) is 33.4 Å². The van der Waals surface area contributed by atoms with Gasteiger partial charge in [0.05, 0.1) is 0 Å². The molecule has 0 fully saturated rings. The molecule has 0 saturated heterocycles. The Labute approximate surface area is 317 Å². The van der Waals surface area contributed by atoms with Gasteiger partial charge in [-0.2, -0.15) is 0 Å². The minimum Gasteiger partial charge on any atom is -0.456 e. The maximum absolute atomic E-state index is 6.51. The first kappa shape index (κ1) is 31.2. The molecule has 2 heterocycles. The summed E-state index contributed by atoms with van der Waals surface area (Å²) >= 11 is 0. The maximum Gasteiger partial charge on any atom is 0.136 e. The number of furan rings is 2. The summed E-state index contributed by atoms with van der Waals surface area (Å²) in [6.07, 6.45) is 0. The highest BCUT2D eigenvalue weighted by molar-refractivity contribution is 6.31. The third kappa shape index (κ3) is 5.28. The maximum atomic E-state index is 6.51. The van der Waals surface area contributed by atoms with Crippen LogP contribution in [0, 0.1) is 0 Å². The van der Waals surface area contributed by atoms with Crippen LogP contribution in [0.15, 0.2) is 209 Å². The summed E-state index contributed by atoms with van der Waals surface area (Å²) in [4.78, 5) is 2.34. The first-order valence-electron chi connectivity index (χ1n) is 18.7. The SMILES string of the molecule is c1ccc(-c2ccc(N(c3ccc(-c4ccccc4)cc3)c3cccc(-c4ccc5oc6ccc7ccc8oc9ccccc9c8c7c6c5c4)c3)cc2)cc1. The smallest absolute Gasteiger partial charge is 0.136 e. The molecular formula is C52H33NO2. The Bertz CT molecular complexity index is 3090. The highest BCUT2D eigenvalue weighted by Crippen LogP contribution is 2.44. The van der Waals surface area contributed by atoms with Crippen LogP contribution in [0.2, 0.25) is 0 Å². The molecule has 0 spiro atoms. The number of fused-ring (bicyclic) bond motifs is 9. The fourth-order valence-corrected chi connectivity index (χ4v) is 8.22. The van der Waals surface area contributed by atoms with Gasteiger partial charge in [-0.05, 0) is 105 Å². The van der Waals surface area contributed by atoms with E-state index in [1.165, 1.54) is 22.3 Å². The van der Waals surface area contributed by atoms with Gasteiger partial charge in [0.15, 0.2) is 0 Å². The molecule has 258 valence electrons. The largest absolute Gasteiger partial charge is 0.456 e. The lowest BCUT2D eigenvalue weighted by Crippen LogP contribution is -2.10. The van der Waals surface area contributed by atoms with Gasteiger partial charge in [-0.15, -0.1) is 0 Å². The molecule has 9 aromatic carbocycles. The van der Waals surface area contributed by atoms with Crippen molar-refractivity contribution >= 4 is 71.7 Å². The molecule has 0 aliphatic heterocycles. The van der Waals surface area contributed by atoms with Crippen LogP contribution in [-0.4, -0.2) is 0 Å². The molecule has 0 amide bonds. The molecular weight excluding hydrogens is 671 g/mol. The van der Waals surface area contributed by atoms with E-state index in [4.69, 9.17) is 8.83 Å². The van der Waals surface area contributed by atoms with E-state index < -0.39 is 0 Å². The number of nitrogens with zero attached hydrogens (tertiary/aromatic N) is 1. The minimum absolute atomic E-state index is 0.867. The zero-order valence-electron chi connectivity index (χ0n) is 29.8. The van der Waals surface area contributed by atoms with E-state index in [1.807, 2.05) is 12.1 Å². The summed E-state index contributed by atoms with van der Waals surface area (Å²) in [5, 5.41) is 6.76. The normalized spacial score (nSPS) is 11.6. The third-order valence-corrected chi connectivity index (χ3v) is 10.9. The first-order chi connectivity index (χ1) is 27.2. The van der Waals surface area contributed by atoms with Crippen LogP contribution in [0.5, 0.6) is 0 Å². The molecule has 11 aromatic rings. The lowest BCUT2D eigenvalue weighted by Gasteiger charge is -2.26. The first-order valence-corrected chi connectivity index (χ1v) is 18.7. The number of benzene rings is 9. The van der Waals surface area contributed by atoms with E-state index in [9.17, 15) is 0 Å². The summed E-state index contributed by atoms with van der Waals surface area (Å²) in [5.41, 5.74) is 13.8. The zero-order valence-corrected chi connectivity index (χ0v) is 29.8. The summed E-state index contributed by atoms with van der Waals surface area (Å²) in [7, 11) is 0. The molecule has 0 bridgehead atoms. The van der Waals surface area contributed by atoms with Crippen LogP contribution in [0.3, 0.4) is 0 Å². The number of rotatable bonds is 6. The predicted molar refractivity (Wildman–Crippen MR) is 229 cm³/mol. The summed E-state index contributed by atoms with van der Waals surface area (Å²) in [6, 6.07) is 71.0. The lowest BCUT2D eigenvalue weighted by molar-refractivity contribution is 0.669. The fourth-order valence-electron chi connectivity index (χ4n) is 8.22. The molecule has 0 radical (unpaired) electrons. The van der Waals surface area contributed by atoms with Crippen LogP contribution in [-0.2, 0) is 0 Å². The van der Waals surface area contributed by atoms with Crippen molar-refractivity contribution in [2.45, 2.75) is 0 Å². The Morgan fingerprint density at radius 3 is 1.38 bits per heavy atom. The van der Waals surface area contributed by atoms with Gasteiger partial charge in [-0.3, -0.25) is 0 Å². The predicted octanol–water partition coefficient (Wildman–Crippen LogP) is 15.1. The summed E-state index contributed by atoms with van der Waals surface area (Å²) in [6.45, 7) is 0. The van der Waals surface area contributed by atoms with E-state index in [-0.39, 0.29) is 0 Å². The highest BCUT2D eigenvalue weighted by atomic mass is 16.3. The van der Waals surface area contributed by atoms with Crippen molar-refractivity contribution in [1.29, 1.82) is 0 Å². The number of hydrogen-bond acceptors (Lipinski definition) is 3. The Morgan fingerprint density at radius 1 is 0.273 bits per heavy atom. The Kier molecular flexibility index (Phi) is 7.17. The summed E-state index contributed by atoms with van der Waals surface area (Å²) < 4.78 is 12.8. The van der Waals surface area contributed by atoms with Gasteiger partial charge < -0.3 is 13.7 Å². The van der Waals surface area contributed by atoms with E-state index in [1.54, 1.807) is 0 Å². The topological polar surface area (TPSA) is 29.5 Å². The Hall–Kier alpha value is -7.36. The van der Waals surface area contributed by atoms with Gasteiger partial charge in [0.1, 0.15) is 22.3 Å². The molecule has 0 aliphatic rings. The lowest BCUT2D eigenvalue weighted by atomic mass is 9.97. The third-order valence-electron chi connectivity index (χ3n) is 10.9. The molecule has 3 nitrogen and oxygen atoms in total. The van der Waals surface area contributed by atoms with E-state index >= 15 is 0 Å². The van der Waals surface area contributed by atoms with Crippen LogP contribution < -0.4 is 4.90 Å². The van der Waals surface area contributed by atoms with E-state index in [0.717, 1.165) is 82.8 Å². The van der Waals surface area contributed by atoms with E-state index in [2.05, 4.69) is 193 Å². The molecule has 11 rings (SSSR count). The molecule has 0 saturated carbocycles. The van der Waals surface area contributed by atoms with Crippen molar-refractivity contribution in [2.24, 2.45) is 0 Å². The van der Waals surface area contributed by atoms with Crippen molar-refractivity contribution in [1.82, 2.24) is 0 Å². The van der Waals surface area contributed by atoms with Crippen molar-refractivity contribution in [3.63, 3.8) is 0 Å². The molecule has 2 aromatic heterocycles. The Morgan fingerprint density at radius 2 is 0.745 bits per heavy atom. The minimum atomic E-state index is 0.867. The highest BCUT2D eigenvalue weighted by Gasteiger charge is 2.19. The average molecular weight is 704 g/mol. The van der Waals surface area contributed by atoms with Crippen LogP contribution in [0.4, 0.5) is 17.1 Å². The number of anilines is 3. The van der Waals surface area contributed by atoms with Crippen molar-refractivity contribution in [3.05, 3.63) is 200 Å². The second kappa shape index (κ2) is 12.6. The molecule has 0 aliphatic carbocycles. The fraction of sp³-hybridized carbons (Fsp3) is 0. The van der Waals surface area contributed by atoms with Gasteiger partial charge >= 0.3 is 0 Å². The second-order valence-corrected chi connectivity index (χ2v) is 14.1. The van der Waals surface area contributed by atoms with Crippen LogP contribution in [0.25, 0.3) is 88.0 Å². The summed E-state index contributed by atoms with van der Waals surface area (Å²) in [5.74, 6) is 0. The van der Waals surface area contributed by atoms with Gasteiger partial charge in [0, 0.05) is 44.0 Å². The van der Waals surface area contributed by atoms with Crippen LogP contribution in [0.1, 0.15) is 0 Å². The molecule has 3 heteroatoms. The monoisotopic (exact) mass is 703 g/mol. The van der Waals surface area contributed by atoms with Gasteiger partial charge in [-0.1, -0.05) is 133 Å². The quantitative estimate of drug-likeness (QED) is 0.173. The molecule has 0 N–H and O–H groups in total. The average Bonchev–Trinajstić information content (AvgIpc) is 3.83. The van der Waals surface area contributed by atoms with Crippen molar-refractivity contribution in [2.75, 3.05) is 4.90 Å². The van der Waals surface area contributed by atoms with Crippen molar-refractivity contribution < 1.29 is 8.83 Å². The van der Waals surface area contributed by atoms with Gasteiger partial charge in [0.2, 0.25) is 0 Å². The van der Waals surface area contributed by atoms with Gasteiger partial charge in [-0.25, -0.2) is 0 Å². The van der Waals surface area contributed by atoms with Gasteiger partial charge in [0.25, 0.3) is 0 Å². The van der Waals surface area contributed by atoms with Crippen LogP contribution >= 0.6 is 0 Å². The number of para-hydroxylation sites is 1. The standard InChI is InChI=1S/C52H33NO2/c1-3-10-34(11-4-1)36-18-25-41(26-19-36)53(42-27-20-37(21-28-42)35-12-5-2-6-13-35)43-15-9-14-39(32-43)40-24-29-47-45(33-40)52-49(55-47)31-23-38-22-30-48-51(50(38)52)44-16-7-8-17-46(44)54-48/h1-33H.